The molecule has 0 bridgehead atoms. The molecule has 0 saturated carbocycles. The highest BCUT2D eigenvalue weighted by atomic mass is 19.1. The van der Waals surface area contributed by atoms with Gasteiger partial charge in [-0.3, -0.25) is 9.69 Å². The molecule has 4 aromatic heterocycles. The summed E-state index contributed by atoms with van der Waals surface area (Å²) in [6.45, 7) is 5.68. The maximum atomic E-state index is 14.7. The number of nitrogens with zero attached hydrogens (tertiary/aromatic N) is 7. The van der Waals surface area contributed by atoms with E-state index in [0.29, 0.717) is 49.7 Å². The number of carbonyl (C=O) groups excluding carboxylic acids is 1. The fourth-order valence-corrected chi connectivity index (χ4v) is 4.44. The van der Waals surface area contributed by atoms with E-state index in [9.17, 15) is 13.6 Å². The molecule has 1 N–H and O–H groups in total. The molecule has 0 unspecified atom stereocenters. The molecule has 0 spiro atoms. The summed E-state index contributed by atoms with van der Waals surface area (Å²) in [6, 6.07) is 7.13. The minimum absolute atomic E-state index is 0.0221. The van der Waals surface area contributed by atoms with Gasteiger partial charge in [0.05, 0.1) is 29.8 Å². The van der Waals surface area contributed by atoms with E-state index in [1.807, 2.05) is 17.2 Å². The van der Waals surface area contributed by atoms with Gasteiger partial charge < -0.3 is 10.2 Å². The summed E-state index contributed by atoms with van der Waals surface area (Å²) >= 11 is 0. The number of pyridine rings is 2. The Morgan fingerprint density at radius 2 is 1.95 bits per heavy atom. The molecule has 9 nitrogen and oxygen atoms in total. The smallest absolute Gasteiger partial charge is 0.229 e. The third kappa shape index (κ3) is 5.26. The zero-order chi connectivity index (χ0) is 25.9. The Balaban J connectivity index is 1.34. The number of nitrogens with one attached hydrogen (secondary N) is 1. The van der Waals surface area contributed by atoms with Gasteiger partial charge in [-0.25, -0.2) is 28.2 Å². The van der Waals surface area contributed by atoms with E-state index in [-0.39, 0.29) is 23.5 Å². The Kier molecular flexibility index (Phi) is 7.04. The summed E-state index contributed by atoms with van der Waals surface area (Å²) in [7, 11) is 0. The van der Waals surface area contributed by atoms with Gasteiger partial charge in [0.2, 0.25) is 11.9 Å². The van der Waals surface area contributed by atoms with E-state index in [1.54, 1.807) is 40.0 Å². The second-order valence-corrected chi connectivity index (χ2v) is 9.24. The van der Waals surface area contributed by atoms with E-state index in [2.05, 4.69) is 39.2 Å². The molecule has 192 valence electrons. The topological polar surface area (TPSA) is 91.6 Å². The van der Waals surface area contributed by atoms with Crippen LogP contribution in [-0.4, -0.2) is 68.2 Å². The number of hydrogen-bond acceptors (Lipinski definition) is 7. The third-order valence-corrected chi connectivity index (χ3v) is 6.47. The summed E-state index contributed by atoms with van der Waals surface area (Å²) in [5.41, 5.74) is 3.40. The number of alkyl halides is 1. The second kappa shape index (κ2) is 10.6. The minimum Gasteiger partial charge on any atom is -0.310 e. The van der Waals surface area contributed by atoms with E-state index >= 15 is 0 Å². The summed E-state index contributed by atoms with van der Waals surface area (Å²) in [4.78, 5) is 29.0. The Hall–Kier alpha value is -3.99. The Bertz CT molecular complexity index is 1410. The van der Waals surface area contributed by atoms with Gasteiger partial charge in [-0.05, 0) is 30.2 Å². The van der Waals surface area contributed by atoms with Gasteiger partial charge in [-0.2, -0.15) is 5.10 Å². The van der Waals surface area contributed by atoms with Crippen molar-refractivity contribution in [1.82, 2.24) is 29.5 Å². The molecule has 0 aliphatic carbocycles. The van der Waals surface area contributed by atoms with Crippen molar-refractivity contribution in [3.05, 3.63) is 60.4 Å². The first kappa shape index (κ1) is 24.7. The molecule has 0 atom stereocenters. The molecule has 4 aromatic rings. The molecular weight excluding hydrogens is 478 g/mol. The zero-order valence-electron chi connectivity index (χ0n) is 20.7. The average molecular weight is 507 g/mol. The van der Waals surface area contributed by atoms with E-state index in [1.165, 1.54) is 0 Å². The van der Waals surface area contributed by atoms with Gasteiger partial charge in [0, 0.05) is 49.9 Å². The van der Waals surface area contributed by atoms with Crippen molar-refractivity contribution in [2.75, 3.05) is 43.1 Å². The number of carbonyl (C=O) groups is 1. The number of anilines is 3. The zero-order valence-corrected chi connectivity index (χ0v) is 20.7. The van der Waals surface area contributed by atoms with Crippen LogP contribution >= 0.6 is 0 Å². The van der Waals surface area contributed by atoms with Crippen molar-refractivity contribution in [1.29, 1.82) is 0 Å². The van der Waals surface area contributed by atoms with Crippen molar-refractivity contribution in [2.45, 2.75) is 26.2 Å². The van der Waals surface area contributed by atoms with Crippen LogP contribution in [0.2, 0.25) is 0 Å². The van der Waals surface area contributed by atoms with Crippen molar-refractivity contribution in [2.24, 2.45) is 0 Å². The monoisotopic (exact) mass is 506 g/mol. The highest BCUT2D eigenvalue weighted by Crippen LogP contribution is 2.27. The number of halogens is 2. The summed E-state index contributed by atoms with van der Waals surface area (Å²) < 4.78 is 29.2. The number of aromatic nitrogens is 5. The Labute approximate surface area is 213 Å². The second-order valence-electron chi connectivity index (χ2n) is 9.24. The molecule has 0 radical (unpaired) electrons. The standard InChI is InChI=1S/C26H28F2N8O/c1-17(2)20-15-31-36-9-5-18(13-22(20)36)25-21(28)16-30-26(33-25)32-23-4-3-19(14-29-23)35-12-11-34(10-7-27)8-6-24(35)37/h3-5,9,13-17H,6-8,10-12H2,1-2H3,(H,29,30,32,33). The SMILES string of the molecule is CC(C)c1cnn2ccc(-c3nc(Nc4ccc(N5CCN(CCF)CCC5=O)cn4)ncc3F)cc12. The molecular formula is C26H28F2N8O. The van der Waals surface area contributed by atoms with Gasteiger partial charge in [0.25, 0.3) is 0 Å². The van der Waals surface area contributed by atoms with Crippen LogP contribution in [0.25, 0.3) is 16.8 Å². The van der Waals surface area contributed by atoms with Crippen LogP contribution in [0.5, 0.6) is 0 Å². The van der Waals surface area contributed by atoms with Gasteiger partial charge >= 0.3 is 0 Å². The fourth-order valence-electron chi connectivity index (χ4n) is 4.44. The van der Waals surface area contributed by atoms with Gasteiger partial charge in [-0.1, -0.05) is 13.8 Å². The van der Waals surface area contributed by atoms with E-state index in [4.69, 9.17) is 0 Å². The number of fused-ring (bicyclic) bond motifs is 1. The van der Waals surface area contributed by atoms with Crippen LogP contribution in [0, 0.1) is 5.82 Å². The predicted molar refractivity (Wildman–Crippen MR) is 137 cm³/mol. The normalized spacial score (nSPS) is 14.9. The largest absolute Gasteiger partial charge is 0.310 e. The average Bonchev–Trinajstić information content (AvgIpc) is 3.24. The minimum atomic E-state index is -0.537. The first-order chi connectivity index (χ1) is 17.9. The lowest BCUT2D eigenvalue weighted by Gasteiger charge is -2.21. The van der Waals surface area contributed by atoms with Crippen LogP contribution in [0.15, 0.2) is 49.1 Å². The predicted octanol–water partition coefficient (Wildman–Crippen LogP) is 4.20. The van der Waals surface area contributed by atoms with Gasteiger partial charge in [0.1, 0.15) is 18.2 Å². The van der Waals surface area contributed by atoms with Crippen LogP contribution < -0.4 is 10.2 Å². The van der Waals surface area contributed by atoms with Crippen LogP contribution in [0.3, 0.4) is 0 Å². The molecule has 5 heterocycles. The number of rotatable bonds is 7. The Morgan fingerprint density at radius 3 is 2.70 bits per heavy atom. The lowest BCUT2D eigenvalue weighted by molar-refractivity contribution is -0.118. The summed E-state index contributed by atoms with van der Waals surface area (Å²) in [6.07, 6.45) is 6.66. The molecule has 1 fully saturated rings. The van der Waals surface area contributed by atoms with Gasteiger partial charge in [-0.15, -0.1) is 0 Å². The molecule has 0 aromatic carbocycles. The molecule has 1 saturated heterocycles. The maximum absolute atomic E-state index is 14.7. The van der Waals surface area contributed by atoms with Crippen LogP contribution in [0.1, 0.15) is 31.7 Å². The van der Waals surface area contributed by atoms with Gasteiger partial charge in [0.15, 0.2) is 5.82 Å². The molecule has 37 heavy (non-hydrogen) atoms. The van der Waals surface area contributed by atoms with Crippen molar-refractivity contribution in [3.8, 4) is 11.3 Å². The van der Waals surface area contributed by atoms with Crippen molar-refractivity contribution < 1.29 is 13.6 Å². The first-order valence-electron chi connectivity index (χ1n) is 12.2. The quantitative estimate of drug-likeness (QED) is 0.402. The highest BCUT2D eigenvalue weighted by Gasteiger charge is 2.22. The fraction of sp³-hybridized carbons (Fsp3) is 0.346. The summed E-state index contributed by atoms with van der Waals surface area (Å²) in [5, 5.41) is 7.37. The third-order valence-electron chi connectivity index (χ3n) is 6.47. The number of amides is 1. The lowest BCUT2D eigenvalue weighted by Crippen LogP contribution is -2.33. The summed E-state index contributed by atoms with van der Waals surface area (Å²) in [5.74, 6) is 0.363. The highest BCUT2D eigenvalue weighted by molar-refractivity contribution is 5.93. The molecule has 1 aliphatic rings. The molecule has 1 amide bonds. The molecule has 1 aliphatic heterocycles. The maximum Gasteiger partial charge on any atom is 0.229 e. The van der Waals surface area contributed by atoms with Crippen LogP contribution in [-0.2, 0) is 4.79 Å². The lowest BCUT2D eigenvalue weighted by atomic mass is 10.0. The van der Waals surface area contributed by atoms with E-state index < -0.39 is 12.5 Å². The van der Waals surface area contributed by atoms with E-state index in [0.717, 1.165) is 17.3 Å². The molecule has 5 rings (SSSR count). The Morgan fingerprint density at radius 1 is 1.08 bits per heavy atom. The number of hydrogen-bond donors (Lipinski definition) is 1. The molecule has 11 heteroatoms. The van der Waals surface area contributed by atoms with Crippen LogP contribution in [0.4, 0.5) is 26.2 Å². The van der Waals surface area contributed by atoms with Crippen molar-refractivity contribution >= 4 is 28.9 Å². The first-order valence-corrected chi connectivity index (χ1v) is 12.2. The van der Waals surface area contributed by atoms with Crippen molar-refractivity contribution in [3.63, 3.8) is 0 Å².